The fourth-order valence-electron chi connectivity index (χ4n) is 2.69. The first-order valence-electron chi connectivity index (χ1n) is 7.93. The number of nitrogens with one attached hydrogen (secondary N) is 1. The molecule has 0 saturated carbocycles. The lowest BCUT2D eigenvalue weighted by molar-refractivity contribution is -0.116. The highest BCUT2D eigenvalue weighted by atomic mass is 19.1. The Morgan fingerprint density at radius 3 is 2.58 bits per heavy atom. The van der Waals surface area contributed by atoms with E-state index in [1.54, 1.807) is 31.4 Å². The normalized spacial score (nSPS) is 13.9. The van der Waals surface area contributed by atoms with E-state index in [2.05, 4.69) is 5.32 Å². The third kappa shape index (κ3) is 3.74. The highest BCUT2D eigenvalue weighted by Crippen LogP contribution is 2.23. The van der Waals surface area contributed by atoms with Crippen molar-refractivity contribution in [3.63, 3.8) is 0 Å². The fraction of sp³-hybridized carbons (Fsp3) is 0.222. The number of hydrogen-bond donors (Lipinski definition) is 1. The molecule has 0 atom stereocenters. The van der Waals surface area contributed by atoms with Gasteiger partial charge in [0.05, 0.1) is 12.8 Å². The van der Waals surface area contributed by atoms with Crippen molar-refractivity contribution in [2.45, 2.75) is 0 Å². The van der Waals surface area contributed by atoms with Crippen LogP contribution in [0, 0.1) is 11.6 Å². The first kappa shape index (κ1) is 17.7. The van der Waals surface area contributed by atoms with Gasteiger partial charge in [-0.25, -0.2) is 13.6 Å². The average Bonchev–Trinajstić information content (AvgIpc) is 2.99. The van der Waals surface area contributed by atoms with Crippen molar-refractivity contribution in [2.75, 3.05) is 37.0 Å². The summed E-state index contributed by atoms with van der Waals surface area (Å²) in [6.07, 6.45) is 0. The summed E-state index contributed by atoms with van der Waals surface area (Å²) < 4.78 is 31.8. The predicted molar refractivity (Wildman–Crippen MR) is 92.3 cm³/mol. The van der Waals surface area contributed by atoms with Crippen LogP contribution in [0.5, 0.6) is 5.75 Å². The van der Waals surface area contributed by atoms with Crippen molar-refractivity contribution in [3.8, 4) is 5.75 Å². The van der Waals surface area contributed by atoms with E-state index in [0.29, 0.717) is 24.5 Å². The summed E-state index contributed by atoms with van der Waals surface area (Å²) in [6, 6.07) is 9.44. The molecule has 136 valence electrons. The van der Waals surface area contributed by atoms with Crippen LogP contribution < -0.4 is 15.0 Å². The maximum Gasteiger partial charge on any atom is 0.325 e. The molecule has 0 aromatic heterocycles. The Balaban J connectivity index is 1.62. The van der Waals surface area contributed by atoms with Crippen LogP contribution in [0.2, 0.25) is 0 Å². The Hall–Kier alpha value is -3.16. The van der Waals surface area contributed by atoms with Crippen LogP contribution in [0.25, 0.3) is 0 Å². The molecule has 1 saturated heterocycles. The molecule has 1 aliphatic heterocycles. The molecule has 26 heavy (non-hydrogen) atoms. The van der Waals surface area contributed by atoms with Gasteiger partial charge in [-0.2, -0.15) is 0 Å². The van der Waals surface area contributed by atoms with Gasteiger partial charge in [-0.15, -0.1) is 0 Å². The lowest BCUT2D eigenvalue weighted by Gasteiger charge is -2.18. The largest absolute Gasteiger partial charge is 0.497 e. The summed E-state index contributed by atoms with van der Waals surface area (Å²) in [5.74, 6) is -1.33. The molecule has 1 N–H and O–H groups in total. The van der Waals surface area contributed by atoms with Gasteiger partial charge >= 0.3 is 6.03 Å². The standard InChI is InChI=1S/C18H17F2N3O3/c1-26-14-5-3-13(4-6-14)23-9-8-22(18(23)25)11-17(24)21-16-10-12(19)2-7-15(16)20/h2-7,10H,8-9,11H2,1H3,(H,21,24). The van der Waals surface area contributed by atoms with Crippen LogP contribution in [0.1, 0.15) is 0 Å². The molecule has 0 bridgehead atoms. The zero-order chi connectivity index (χ0) is 18.7. The lowest BCUT2D eigenvalue weighted by atomic mass is 10.3. The molecule has 2 aromatic rings. The van der Waals surface area contributed by atoms with E-state index >= 15 is 0 Å². The number of amides is 3. The molecule has 2 aromatic carbocycles. The second-order valence-electron chi connectivity index (χ2n) is 5.73. The molecule has 1 aliphatic rings. The van der Waals surface area contributed by atoms with Gasteiger partial charge in [0.1, 0.15) is 23.9 Å². The van der Waals surface area contributed by atoms with Gasteiger partial charge in [0.25, 0.3) is 0 Å². The molecular formula is C18H17F2N3O3. The quantitative estimate of drug-likeness (QED) is 0.891. The number of urea groups is 1. The number of benzene rings is 2. The van der Waals surface area contributed by atoms with Crippen molar-refractivity contribution < 1.29 is 23.1 Å². The number of hydrogen-bond acceptors (Lipinski definition) is 3. The Morgan fingerprint density at radius 2 is 1.88 bits per heavy atom. The van der Waals surface area contributed by atoms with E-state index < -0.39 is 17.5 Å². The van der Waals surface area contributed by atoms with E-state index in [-0.39, 0.29) is 18.3 Å². The second kappa shape index (κ2) is 7.38. The Bertz CT molecular complexity index is 827. The van der Waals surface area contributed by atoms with Gasteiger partial charge in [-0.05, 0) is 36.4 Å². The van der Waals surface area contributed by atoms with Gasteiger partial charge in [-0.3, -0.25) is 9.69 Å². The maximum absolute atomic E-state index is 13.6. The highest BCUT2D eigenvalue weighted by molar-refractivity contribution is 5.99. The van der Waals surface area contributed by atoms with Crippen LogP contribution in [0.3, 0.4) is 0 Å². The minimum Gasteiger partial charge on any atom is -0.497 e. The number of rotatable bonds is 5. The number of anilines is 2. The second-order valence-corrected chi connectivity index (χ2v) is 5.73. The molecule has 3 rings (SSSR count). The van der Waals surface area contributed by atoms with E-state index in [1.165, 1.54) is 9.80 Å². The number of methoxy groups -OCH3 is 1. The molecule has 0 unspecified atom stereocenters. The van der Waals surface area contributed by atoms with Crippen LogP contribution in [-0.4, -0.2) is 43.6 Å². The Morgan fingerprint density at radius 1 is 1.15 bits per heavy atom. The number of halogens is 2. The highest BCUT2D eigenvalue weighted by Gasteiger charge is 2.31. The van der Waals surface area contributed by atoms with Gasteiger partial charge in [0.2, 0.25) is 5.91 Å². The summed E-state index contributed by atoms with van der Waals surface area (Å²) in [4.78, 5) is 27.4. The number of nitrogens with zero attached hydrogens (tertiary/aromatic N) is 2. The average molecular weight is 361 g/mol. The monoisotopic (exact) mass is 361 g/mol. The molecule has 1 fully saturated rings. The number of carbonyl (C=O) groups excluding carboxylic acids is 2. The van der Waals surface area contributed by atoms with Gasteiger partial charge in [0.15, 0.2) is 0 Å². The minimum atomic E-state index is -0.743. The van der Waals surface area contributed by atoms with Crippen molar-refractivity contribution in [2.24, 2.45) is 0 Å². The fourth-order valence-corrected chi connectivity index (χ4v) is 2.69. The first-order valence-corrected chi connectivity index (χ1v) is 7.93. The number of carbonyl (C=O) groups is 2. The van der Waals surface area contributed by atoms with Crippen LogP contribution >= 0.6 is 0 Å². The van der Waals surface area contributed by atoms with Crippen LogP contribution in [0.15, 0.2) is 42.5 Å². The molecular weight excluding hydrogens is 344 g/mol. The number of ether oxygens (including phenoxy) is 1. The van der Waals surface area contributed by atoms with Crippen LogP contribution in [-0.2, 0) is 4.79 Å². The van der Waals surface area contributed by atoms with Gasteiger partial charge < -0.3 is 15.0 Å². The topological polar surface area (TPSA) is 61.9 Å². The summed E-state index contributed by atoms with van der Waals surface area (Å²) in [7, 11) is 1.55. The summed E-state index contributed by atoms with van der Waals surface area (Å²) in [6.45, 7) is 0.526. The van der Waals surface area contributed by atoms with Crippen molar-refractivity contribution >= 4 is 23.3 Å². The lowest BCUT2D eigenvalue weighted by Crippen LogP contribution is -2.37. The molecule has 8 heteroatoms. The third-order valence-corrected chi connectivity index (χ3v) is 4.02. The van der Waals surface area contributed by atoms with Crippen LogP contribution in [0.4, 0.5) is 25.0 Å². The van der Waals surface area contributed by atoms with E-state index in [4.69, 9.17) is 4.74 Å². The molecule has 0 radical (unpaired) electrons. The zero-order valence-electron chi connectivity index (χ0n) is 14.0. The summed E-state index contributed by atoms with van der Waals surface area (Å²) in [5, 5.41) is 2.29. The van der Waals surface area contributed by atoms with E-state index in [0.717, 1.165) is 18.2 Å². The predicted octanol–water partition coefficient (Wildman–Crippen LogP) is 2.85. The molecule has 3 amide bonds. The van der Waals surface area contributed by atoms with Crippen molar-refractivity contribution in [3.05, 3.63) is 54.1 Å². The summed E-state index contributed by atoms with van der Waals surface area (Å²) in [5.41, 5.74) is 0.434. The van der Waals surface area contributed by atoms with E-state index in [1.807, 2.05) is 0 Å². The molecule has 0 aliphatic carbocycles. The zero-order valence-corrected chi connectivity index (χ0v) is 14.0. The van der Waals surface area contributed by atoms with Gasteiger partial charge in [0, 0.05) is 24.8 Å². The smallest absolute Gasteiger partial charge is 0.325 e. The van der Waals surface area contributed by atoms with Crippen molar-refractivity contribution in [1.29, 1.82) is 0 Å². The Labute approximate surface area is 149 Å². The van der Waals surface area contributed by atoms with Crippen molar-refractivity contribution in [1.82, 2.24) is 4.90 Å². The first-order chi connectivity index (χ1) is 12.5. The molecule has 6 nitrogen and oxygen atoms in total. The third-order valence-electron chi connectivity index (χ3n) is 4.02. The van der Waals surface area contributed by atoms with Gasteiger partial charge in [-0.1, -0.05) is 0 Å². The maximum atomic E-state index is 13.6. The van der Waals surface area contributed by atoms with E-state index in [9.17, 15) is 18.4 Å². The SMILES string of the molecule is COc1ccc(N2CCN(CC(=O)Nc3cc(F)ccc3F)C2=O)cc1. The summed E-state index contributed by atoms with van der Waals surface area (Å²) >= 11 is 0. The molecule has 0 spiro atoms. The minimum absolute atomic E-state index is 0.249. The molecule has 1 heterocycles. The Kier molecular flexibility index (Phi) is 5.01.